The van der Waals surface area contributed by atoms with E-state index in [2.05, 4.69) is 0 Å². The molecule has 24 heavy (non-hydrogen) atoms. The zero-order chi connectivity index (χ0) is 17.7. The van der Waals surface area contributed by atoms with Crippen molar-refractivity contribution in [2.24, 2.45) is 5.92 Å². The third kappa shape index (κ3) is 4.85. The van der Waals surface area contributed by atoms with Gasteiger partial charge in [0.15, 0.2) is 0 Å². The molecule has 2 rings (SSSR count). The van der Waals surface area contributed by atoms with Crippen LogP contribution < -0.4 is 4.74 Å². The zero-order valence-electron chi connectivity index (χ0n) is 12.8. The molecule has 1 aromatic carbocycles. The highest BCUT2D eigenvalue weighted by Crippen LogP contribution is 2.29. The van der Waals surface area contributed by atoms with Gasteiger partial charge in [-0.05, 0) is 30.2 Å². The van der Waals surface area contributed by atoms with Gasteiger partial charge in [-0.3, -0.25) is 4.79 Å². The Kier molecular flexibility index (Phi) is 5.65. The van der Waals surface area contributed by atoms with Crippen molar-refractivity contribution in [3.05, 3.63) is 29.6 Å². The van der Waals surface area contributed by atoms with Crippen LogP contribution in [0.3, 0.4) is 0 Å². The van der Waals surface area contributed by atoms with Crippen LogP contribution in [0.4, 0.5) is 17.6 Å². The minimum atomic E-state index is -4.38. The van der Waals surface area contributed by atoms with Crippen LogP contribution >= 0.6 is 0 Å². The van der Waals surface area contributed by atoms with E-state index >= 15 is 0 Å². The predicted octanol–water partition coefficient (Wildman–Crippen LogP) is 3.07. The van der Waals surface area contributed by atoms with E-state index < -0.39 is 36.8 Å². The molecule has 1 aliphatic heterocycles. The van der Waals surface area contributed by atoms with Crippen LogP contribution in [-0.4, -0.2) is 36.7 Å². The fourth-order valence-corrected chi connectivity index (χ4v) is 2.56. The predicted molar refractivity (Wildman–Crippen MR) is 76.6 cm³/mol. The summed E-state index contributed by atoms with van der Waals surface area (Å²) in [6.07, 6.45) is -5.38. The Bertz CT molecular complexity index is 640. The lowest BCUT2D eigenvalue weighted by molar-refractivity contribution is -0.148. The Hall–Kier alpha value is -2.30. The second kappa shape index (κ2) is 7.51. The molecule has 1 aromatic rings. The first kappa shape index (κ1) is 18.0. The number of benzene rings is 1. The third-order valence-corrected chi connectivity index (χ3v) is 3.75. The lowest BCUT2D eigenvalue weighted by atomic mass is 9.95. The molecule has 0 saturated carbocycles. The topological polar surface area (TPSA) is 53.3 Å². The molecule has 4 nitrogen and oxygen atoms in total. The normalized spacial score (nSPS) is 16.7. The summed E-state index contributed by atoms with van der Waals surface area (Å²) in [5, 5.41) is 8.62. The molecule has 8 heteroatoms. The van der Waals surface area contributed by atoms with E-state index in [-0.39, 0.29) is 26.0 Å². The Morgan fingerprint density at radius 1 is 1.38 bits per heavy atom. The first-order valence-electron chi connectivity index (χ1n) is 7.44. The van der Waals surface area contributed by atoms with Crippen LogP contribution in [0.25, 0.3) is 0 Å². The lowest BCUT2D eigenvalue weighted by Crippen LogP contribution is -2.42. The van der Waals surface area contributed by atoms with Gasteiger partial charge in [-0.1, -0.05) is 0 Å². The fourth-order valence-electron chi connectivity index (χ4n) is 2.56. The molecular formula is C16H16F4N2O2. The van der Waals surface area contributed by atoms with E-state index in [1.165, 1.54) is 18.2 Å². The molecule has 130 valence electrons. The molecule has 0 N–H and O–H groups in total. The van der Waals surface area contributed by atoms with Gasteiger partial charge in [0.25, 0.3) is 0 Å². The molecule has 1 amide bonds. The first-order valence-corrected chi connectivity index (χ1v) is 7.44. The van der Waals surface area contributed by atoms with Gasteiger partial charge >= 0.3 is 6.18 Å². The van der Waals surface area contributed by atoms with Crippen LogP contribution in [0.5, 0.6) is 5.75 Å². The highest BCUT2D eigenvalue weighted by Gasteiger charge is 2.33. The minimum absolute atomic E-state index is 0.0204. The van der Waals surface area contributed by atoms with Gasteiger partial charge in [-0.25, -0.2) is 4.39 Å². The van der Waals surface area contributed by atoms with E-state index in [0.717, 1.165) is 4.90 Å². The number of hydrogen-bond donors (Lipinski definition) is 0. The first-order chi connectivity index (χ1) is 11.3. The van der Waals surface area contributed by atoms with Crippen molar-refractivity contribution < 1.29 is 27.1 Å². The fraction of sp³-hybridized carbons (Fsp3) is 0.500. The number of alkyl halides is 3. The number of hydrogen-bond acceptors (Lipinski definition) is 3. The average molecular weight is 344 g/mol. The van der Waals surface area contributed by atoms with Gasteiger partial charge in [0, 0.05) is 13.1 Å². The lowest BCUT2D eigenvalue weighted by Gasteiger charge is -2.30. The van der Waals surface area contributed by atoms with Crippen LogP contribution in [0.15, 0.2) is 18.2 Å². The van der Waals surface area contributed by atoms with Crippen molar-refractivity contribution in [1.82, 2.24) is 4.90 Å². The van der Waals surface area contributed by atoms with Crippen LogP contribution in [-0.2, 0) is 11.2 Å². The summed E-state index contributed by atoms with van der Waals surface area (Å²) in [6.45, 7) is -0.555. The van der Waals surface area contributed by atoms with E-state index in [4.69, 9.17) is 10.00 Å². The second-order valence-corrected chi connectivity index (χ2v) is 5.56. The van der Waals surface area contributed by atoms with Gasteiger partial charge in [0.2, 0.25) is 5.91 Å². The molecule has 0 unspecified atom stereocenters. The highest BCUT2D eigenvalue weighted by molar-refractivity contribution is 5.79. The number of carbonyl (C=O) groups is 1. The summed E-state index contributed by atoms with van der Waals surface area (Å²) < 4.78 is 55.9. The van der Waals surface area contributed by atoms with Gasteiger partial charge in [-0.2, -0.15) is 18.4 Å². The summed E-state index contributed by atoms with van der Waals surface area (Å²) >= 11 is 0. The SMILES string of the molecule is N#CCCN(CCC(F)(F)F)C(=O)[C@H]1COc2ccc(F)cc2C1. The molecule has 1 heterocycles. The van der Waals surface area contributed by atoms with Crippen LogP contribution in [0.1, 0.15) is 18.4 Å². The standard InChI is InChI=1S/C16H16F4N2O2/c17-13-2-3-14-11(9-13)8-12(10-24-14)15(23)22(6-1-5-21)7-4-16(18,19)20/h2-3,9,12H,1,4,6-8,10H2/t12-/m1/s1. The van der Waals surface area contributed by atoms with Crippen LogP contribution in [0, 0.1) is 23.1 Å². The molecular weight excluding hydrogens is 328 g/mol. The van der Waals surface area contributed by atoms with Gasteiger partial charge in [-0.15, -0.1) is 0 Å². The quantitative estimate of drug-likeness (QED) is 0.772. The van der Waals surface area contributed by atoms with Crippen molar-refractivity contribution in [2.45, 2.75) is 25.4 Å². The number of nitrogens with zero attached hydrogens (tertiary/aromatic N) is 2. The van der Waals surface area contributed by atoms with E-state index in [1.54, 1.807) is 0 Å². The second-order valence-electron chi connectivity index (χ2n) is 5.56. The summed E-state index contributed by atoms with van der Waals surface area (Å²) in [4.78, 5) is 13.5. The number of rotatable bonds is 5. The number of nitriles is 1. The maximum absolute atomic E-state index is 13.3. The Morgan fingerprint density at radius 3 is 2.79 bits per heavy atom. The number of carbonyl (C=O) groups excluding carboxylic acids is 1. The molecule has 0 saturated heterocycles. The number of halogens is 4. The molecule has 1 atom stereocenters. The molecule has 0 bridgehead atoms. The van der Waals surface area contributed by atoms with Crippen molar-refractivity contribution in [3.8, 4) is 11.8 Å². The van der Waals surface area contributed by atoms with Crippen LogP contribution in [0.2, 0.25) is 0 Å². The van der Waals surface area contributed by atoms with E-state index in [1.807, 2.05) is 6.07 Å². The third-order valence-electron chi connectivity index (χ3n) is 3.75. The molecule has 0 aliphatic carbocycles. The molecule has 1 aliphatic rings. The summed E-state index contributed by atoms with van der Waals surface area (Å²) in [5.74, 6) is -1.20. The summed E-state index contributed by atoms with van der Waals surface area (Å²) in [7, 11) is 0. The Balaban J connectivity index is 2.07. The van der Waals surface area contributed by atoms with Crippen molar-refractivity contribution in [3.63, 3.8) is 0 Å². The zero-order valence-corrected chi connectivity index (χ0v) is 12.8. The van der Waals surface area contributed by atoms with Gasteiger partial charge in [0.1, 0.15) is 18.2 Å². The maximum atomic E-state index is 13.3. The number of ether oxygens (including phenoxy) is 1. The highest BCUT2D eigenvalue weighted by atomic mass is 19.4. The summed E-state index contributed by atoms with van der Waals surface area (Å²) in [6, 6.07) is 5.77. The van der Waals surface area contributed by atoms with Crippen molar-refractivity contribution >= 4 is 5.91 Å². The smallest absolute Gasteiger partial charge is 0.390 e. The molecule has 0 radical (unpaired) electrons. The maximum Gasteiger partial charge on any atom is 0.390 e. The summed E-state index contributed by atoms with van der Waals surface area (Å²) in [5.41, 5.74) is 0.510. The minimum Gasteiger partial charge on any atom is -0.492 e. The monoisotopic (exact) mass is 344 g/mol. The van der Waals surface area contributed by atoms with Crippen molar-refractivity contribution in [1.29, 1.82) is 5.26 Å². The largest absolute Gasteiger partial charge is 0.492 e. The van der Waals surface area contributed by atoms with Gasteiger partial charge < -0.3 is 9.64 Å². The number of amides is 1. The number of fused-ring (bicyclic) bond motifs is 1. The Morgan fingerprint density at radius 2 is 2.12 bits per heavy atom. The van der Waals surface area contributed by atoms with E-state index in [9.17, 15) is 22.4 Å². The molecule has 0 spiro atoms. The Labute approximate surface area is 136 Å². The average Bonchev–Trinajstić information content (AvgIpc) is 2.52. The van der Waals surface area contributed by atoms with E-state index in [0.29, 0.717) is 11.3 Å². The van der Waals surface area contributed by atoms with Crippen molar-refractivity contribution in [2.75, 3.05) is 19.7 Å². The molecule has 0 fully saturated rings. The van der Waals surface area contributed by atoms with Gasteiger partial charge in [0.05, 0.1) is 24.8 Å². The molecule has 0 aromatic heterocycles.